The van der Waals surface area contributed by atoms with Gasteiger partial charge in [-0.15, -0.1) is 0 Å². The first kappa shape index (κ1) is 27.1. The lowest BCUT2D eigenvalue weighted by Crippen LogP contribution is -2.42. The molecule has 3 atom stereocenters. The van der Waals surface area contributed by atoms with Crippen molar-refractivity contribution in [2.75, 3.05) is 65.7 Å². The zero-order chi connectivity index (χ0) is 24.3. The van der Waals surface area contributed by atoms with Gasteiger partial charge in [-0.25, -0.2) is 17.6 Å². The molecule has 2 heterocycles. The van der Waals surface area contributed by atoms with Crippen LogP contribution in [0.5, 0.6) is 0 Å². The second-order valence-electron chi connectivity index (χ2n) is 11.0. The van der Waals surface area contributed by atoms with Crippen molar-refractivity contribution < 1.29 is 31.8 Å². The number of hydrogen-bond acceptors (Lipinski definition) is 5. The van der Waals surface area contributed by atoms with Gasteiger partial charge >= 0.3 is 0 Å². The van der Waals surface area contributed by atoms with Crippen molar-refractivity contribution >= 4 is 0 Å². The Morgan fingerprint density at radius 1 is 0.848 bits per heavy atom. The van der Waals surface area contributed by atoms with E-state index in [9.17, 15) is 17.6 Å². The number of likely N-dealkylation sites (tertiary alicyclic amines) is 1. The molecule has 0 aromatic rings. The lowest BCUT2D eigenvalue weighted by molar-refractivity contribution is -0.0401. The molecule has 0 aromatic carbocycles. The third-order valence-electron chi connectivity index (χ3n) is 7.03. The fourth-order valence-electron chi connectivity index (χ4n) is 4.54. The summed E-state index contributed by atoms with van der Waals surface area (Å²) in [5.74, 6) is -2.56. The Balaban J connectivity index is 0.000000186. The quantitative estimate of drug-likeness (QED) is 0.441. The molecule has 2 aliphatic heterocycles. The van der Waals surface area contributed by atoms with Gasteiger partial charge in [0.15, 0.2) is 0 Å². The number of ether oxygens (including phenoxy) is 3. The summed E-state index contributed by atoms with van der Waals surface area (Å²) in [5.41, 5.74) is -0.761. The van der Waals surface area contributed by atoms with E-state index in [1.807, 2.05) is 32.6 Å². The van der Waals surface area contributed by atoms with Crippen LogP contribution in [0.1, 0.15) is 47.0 Å². The third kappa shape index (κ3) is 7.75. The molecule has 4 rings (SSSR count). The summed E-state index contributed by atoms with van der Waals surface area (Å²) in [7, 11) is 0. The summed E-state index contributed by atoms with van der Waals surface area (Å²) in [6, 6.07) is 0. The summed E-state index contributed by atoms with van der Waals surface area (Å²) in [6.45, 7) is 13.2. The fourth-order valence-corrected chi connectivity index (χ4v) is 4.54. The predicted molar refractivity (Wildman–Crippen MR) is 119 cm³/mol. The van der Waals surface area contributed by atoms with Gasteiger partial charge in [0.1, 0.15) is 12.3 Å². The highest BCUT2D eigenvalue weighted by Gasteiger charge is 2.71. The second-order valence-corrected chi connectivity index (χ2v) is 11.0. The summed E-state index contributed by atoms with van der Waals surface area (Å²) in [4.78, 5) is 3.97. The van der Waals surface area contributed by atoms with Crippen LogP contribution in [0.3, 0.4) is 0 Å². The van der Waals surface area contributed by atoms with Gasteiger partial charge in [0, 0.05) is 51.1 Å². The topological polar surface area (TPSA) is 34.2 Å². The first-order valence-electron chi connectivity index (χ1n) is 12.4. The maximum Gasteiger partial charge on any atom is 0.258 e. The molecule has 2 saturated heterocycles. The van der Waals surface area contributed by atoms with E-state index in [1.165, 1.54) is 0 Å². The Hall–Kier alpha value is -0.480. The van der Waals surface area contributed by atoms with E-state index in [1.54, 1.807) is 0 Å². The van der Waals surface area contributed by atoms with Gasteiger partial charge in [-0.1, -0.05) is 0 Å². The second kappa shape index (κ2) is 11.1. The van der Waals surface area contributed by atoms with E-state index in [0.717, 1.165) is 39.1 Å². The van der Waals surface area contributed by atoms with Crippen molar-refractivity contribution in [2.45, 2.75) is 77.4 Å². The molecule has 9 heteroatoms. The van der Waals surface area contributed by atoms with Gasteiger partial charge < -0.3 is 14.2 Å². The highest BCUT2D eigenvalue weighted by atomic mass is 19.3. The lowest BCUT2D eigenvalue weighted by Gasteiger charge is -2.30. The Bertz CT molecular complexity index is 605. The van der Waals surface area contributed by atoms with Crippen LogP contribution in [0.4, 0.5) is 17.6 Å². The van der Waals surface area contributed by atoms with Gasteiger partial charge in [0.2, 0.25) is 0 Å². The molecule has 194 valence electrons. The molecule has 3 unspecified atom stereocenters. The molecule has 33 heavy (non-hydrogen) atoms. The average molecular weight is 483 g/mol. The highest BCUT2D eigenvalue weighted by molar-refractivity contribution is 5.12. The van der Waals surface area contributed by atoms with Crippen LogP contribution in [-0.2, 0) is 14.2 Å². The van der Waals surface area contributed by atoms with Gasteiger partial charge in [0.05, 0.1) is 44.1 Å². The summed E-state index contributed by atoms with van der Waals surface area (Å²) >= 11 is 0. The zero-order valence-electron chi connectivity index (χ0n) is 20.6. The minimum atomic E-state index is -2.56. The lowest BCUT2D eigenvalue weighted by atomic mass is 10.1. The monoisotopic (exact) mass is 482 g/mol. The number of nitrogens with zero attached hydrogens (tertiary/aromatic N) is 2. The molecular weight excluding hydrogens is 440 g/mol. The average Bonchev–Trinajstić information content (AvgIpc) is 3.58. The summed E-state index contributed by atoms with van der Waals surface area (Å²) in [5, 5.41) is 0. The first-order chi connectivity index (χ1) is 15.5. The predicted octanol–water partition coefficient (Wildman–Crippen LogP) is 3.95. The van der Waals surface area contributed by atoms with E-state index in [-0.39, 0.29) is 43.7 Å². The van der Waals surface area contributed by atoms with Gasteiger partial charge in [-0.2, -0.15) is 0 Å². The van der Waals surface area contributed by atoms with Crippen LogP contribution in [0.25, 0.3) is 0 Å². The van der Waals surface area contributed by atoms with Crippen LogP contribution in [0.2, 0.25) is 0 Å². The number of hydrogen-bond donors (Lipinski definition) is 0. The van der Waals surface area contributed by atoms with Crippen LogP contribution in [-0.4, -0.2) is 106 Å². The van der Waals surface area contributed by atoms with E-state index in [2.05, 4.69) is 4.90 Å². The van der Waals surface area contributed by atoms with Crippen LogP contribution < -0.4 is 0 Å². The smallest absolute Gasteiger partial charge is 0.258 e. The summed E-state index contributed by atoms with van der Waals surface area (Å²) in [6.07, 6.45) is -0.117. The standard InChI is InChI=1S/C12H21F2NO2.C12H21F2NO/c1-10(2)17-9-11(7-12(11,13)14)8-15-3-5-16-6-4-15;1-9(2)16-8-12(3-4-12)7-15-5-10(13)11(14)6-15/h10H,3-9H2,1-2H3;9-11H,3-8H2,1-2H3. The van der Waals surface area contributed by atoms with Crippen molar-refractivity contribution in [3.8, 4) is 0 Å². The van der Waals surface area contributed by atoms with Crippen molar-refractivity contribution in [3.63, 3.8) is 0 Å². The SMILES string of the molecule is CC(C)OCC1(CN2CC(F)C(F)C2)CC1.CC(C)OCC1(CN2CCOCC2)CC1(F)F. The first-order valence-corrected chi connectivity index (χ1v) is 12.4. The Morgan fingerprint density at radius 3 is 1.82 bits per heavy atom. The van der Waals surface area contributed by atoms with Gasteiger partial charge in [-0.3, -0.25) is 9.80 Å². The van der Waals surface area contributed by atoms with E-state index < -0.39 is 23.7 Å². The Kier molecular flexibility index (Phi) is 9.09. The van der Waals surface area contributed by atoms with Gasteiger partial charge in [0.25, 0.3) is 5.92 Å². The molecule has 0 spiro atoms. The van der Waals surface area contributed by atoms with Crippen molar-refractivity contribution in [2.24, 2.45) is 10.8 Å². The number of halogens is 4. The largest absolute Gasteiger partial charge is 0.379 e. The van der Waals surface area contributed by atoms with E-state index >= 15 is 0 Å². The van der Waals surface area contributed by atoms with E-state index in [4.69, 9.17) is 14.2 Å². The molecule has 4 fully saturated rings. The Labute approximate surface area is 196 Å². The number of rotatable bonds is 10. The van der Waals surface area contributed by atoms with Crippen molar-refractivity contribution in [1.29, 1.82) is 0 Å². The highest BCUT2D eigenvalue weighted by Crippen LogP contribution is 2.61. The Morgan fingerprint density at radius 2 is 1.36 bits per heavy atom. The van der Waals surface area contributed by atoms with Gasteiger partial charge in [-0.05, 0) is 40.5 Å². The third-order valence-corrected chi connectivity index (χ3v) is 7.03. The van der Waals surface area contributed by atoms with Crippen LogP contribution in [0, 0.1) is 10.8 Å². The minimum Gasteiger partial charge on any atom is -0.379 e. The van der Waals surface area contributed by atoms with E-state index in [0.29, 0.717) is 19.8 Å². The fraction of sp³-hybridized carbons (Fsp3) is 1.00. The maximum absolute atomic E-state index is 13.5. The minimum absolute atomic E-state index is 0.00737. The molecule has 0 aromatic heterocycles. The molecule has 0 radical (unpaired) electrons. The van der Waals surface area contributed by atoms with Crippen LogP contribution in [0.15, 0.2) is 0 Å². The molecule has 5 nitrogen and oxygen atoms in total. The van der Waals surface area contributed by atoms with Crippen LogP contribution >= 0.6 is 0 Å². The zero-order valence-corrected chi connectivity index (χ0v) is 20.6. The molecule has 4 aliphatic rings. The molecule has 0 N–H and O–H groups in total. The molecule has 2 saturated carbocycles. The number of morpholine rings is 1. The normalized spacial score (nSPS) is 33.3. The summed E-state index contributed by atoms with van der Waals surface area (Å²) < 4.78 is 69.3. The maximum atomic E-state index is 13.5. The molecule has 0 amide bonds. The van der Waals surface area contributed by atoms with Crippen molar-refractivity contribution in [1.82, 2.24) is 9.80 Å². The number of alkyl halides is 4. The molecule has 0 bridgehead atoms. The molecule has 2 aliphatic carbocycles. The molecular formula is C24H42F4N2O3. The van der Waals surface area contributed by atoms with Crippen molar-refractivity contribution in [3.05, 3.63) is 0 Å².